The fourth-order valence-electron chi connectivity index (χ4n) is 13.1. The SMILES string of the molecule is CCCCCCCCCCCCCCCC(=O)OC[C@H]1O[C@@H](O[C@H]2CC[C@@]3(C)[C@H](CC=C4[C@H]3CC[C@@]3(C)[C@H]4CC[C@H]3[C@H](C)CC[C@H](CC)C(C)C)C2)[C@H](O)[C@@H](O)[C@@H]1O. The summed E-state index contributed by atoms with van der Waals surface area (Å²) in [6.45, 7) is 17.0. The third-order valence-electron chi connectivity index (χ3n) is 17.1. The minimum Gasteiger partial charge on any atom is -0.463 e. The number of allylic oxidation sites excluding steroid dienone is 2. The minimum atomic E-state index is -1.43. The molecule has 0 spiro atoms. The maximum atomic E-state index is 12.6. The molecule has 336 valence electrons. The number of aliphatic hydroxyl groups excluding tert-OH is 3. The van der Waals surface area contributed by atoms with Crippen LogP contribution in [0.25, 0.3) is 0 Å². The van der Waals surface area contributed by atoms with Crippen molar-refractivity contribution >= 4 is 5.97 Å². The molecule has 4 aliphatic carbocycles. The number of ether oxygens (including phenoxy) is 3. The molecule has 3 N–H and O–H groups in total. The molecule has 4 fully saturated rings. The molecule has 5 rings (SSSR count). The summed E-state index contributed by atoms with van der Waals surface area (Å²) in [6.07, 6.45) is 26.2. The highest BCUT2D eigenvalue weighted by molar-refractivity contribution is 5.69. The number of carbonyl (C=O) groups excluding carboxylic acids is 1. The van der Waals surface area contributed by atoms with Crippen LogP contribution in [0, 0.1) is 52.3 Å². The first-order chi connectivity index (χ1) is 27.8. The van der Waals surface area contributed by atoms with E-state index in [1.54, 1.807) is 5.57 Å². The van der Waals surface area contributed by atoms with E-state index in [-0.39, 0.29) is 24.1 Å². The van der Waals surface area contributed by atoms with Crippen LogP contribution in [0.1, 0.15) is 209 Å². The molecule has 0 bridgehead atoms. The van der Waals surface area contributed by atoms with E-state index in [1.165, 1.54) is 109 Å². The molecule has 0 amide bonds. The summed E-state index contributed by atoms with van der Waals surface area (Å²) < 4.78 is 18.1. The Bertz CT molecular complexity index is 1250. The van der Waals surface area contributed by atoms with Crippen molar-refractivity contribution in [1.29, 1.82) is 0 Å². The van der Waals surface area contributed by atoms with Crippen molar-refractivity contribution in [1.82, 2.24) is 0 Å². The normalized spacial score (nSPS) is 37.1. The fourth-order valence-corrected chi connectivity index (χ4v) is 13.1. The number of rotatable bonds is 24. The third-order valence-corrected chi connectivity index (χ3v) is 17.1. The molecule has 0 radical (unpaired) electrons. The number of hydrogen-bond donors (Lipinski definition) is 3. The largest absolute Gasteiger partial charge is 0.463 e. The quantitative estimate of drug-likeness (QED) is 0.0506. The number of carbonyl (C=O) groups is 1. The number of unbranched alkanes of at least 4 members (excludes halogenated alkanes) is 12. The second-order valence-corrected chi connectivity index (χ2v) is 21.2. The molecule has 14 atom stereocenters. The zero-order valence-electron chi connectivity index (χ0n) is 38.4. The van der Waals surface area contributed by atoms with E-state index < -0.39 is 30.7 Å². The average molecular weight is 815 g/mol. The fraction of sp³-hybridized carbons (Fsp3) is 0.941. The molecule has 1 saturated heterocycles. The first-order valence-corrected chi connectivity index (χ1v) is 25.0. The Hall–Kier alpha value is -0.990. The Labute approximate surface area is 355 Å². The zero-order chi connectivity index (χ0) is 41.9. The summed E-state index contributed by atoms with van der Waals surface area (Å²) in [6, 6.07) is 0. The topological polar surface area (TPSA) is 105 Å². The van der Waals surface area contributed by atoms with Crippen LogP contribution in [0.15, 0.2) is 11.6 Å². The molecule has 58 heavy (non-hydrogen) atoms. The molecule has 5 aliphatic rings. The molecule has 0 aromatic rings. The highest BCUT2D eigenvalue weighted by Gasteiger charge is 2.58. The van der Waals surface area contributed by atoms with Gasteiger partial charge in [0, 0.05) is 6.42 Å². The van der Waals surface area contributed by atoms with Crippen molar-refractivity contribution in [3.63, 3.8) is 0 Å². The van der Waals surface area contributed by atoms with Crippen LogP contribution in [0.3, 0.4) is 0 Å². The van der Waals surface area contributed by atoms with E-state index >= 15 is 0 Å². The smallest absolute Gasteiger partial charge is 0.305 e. The van der Waals surface area contributed by atoms with Crippen LogP contribution >= 0.6 is 0 Å². The second-order valence-electron chi connectivity index (χ2n) is 21.2. The van der Waals surface area contributed by atoms with Gasteiger partial charge in [-0.25, -0.2) is 0 Å². The van der Waals surface area contributed by atoms with Crippen LogP contribution < -0.4 is 0 Å². The number of fused-ring (bicyclic) bond motifs is 5. The summed E-state index contributed by atoms with van der Waals surface area (Å²) in [4.78, 5) is 12.6. The van der Waals surface area contributed by atoms with E-state index in [0.29, 0.717) is 23.7 Å². The molecular formula is C51H90O7. The van der Waals surface area contributed by atoms with Gasteiger partial charge in [-0.2, -0.15) is 0 Å². The average Bonchev–Trinajstić information content (AvgIpc) is 3.56. The van der Waals surface area contributed by atoms with Gasteiger partial charge >= 0.3 is 5.97 Å². The zero-order valence-corrected chi connectivity index (χ0v) is 38.4. The van der Waals surface area contributed by atoms with Gasteiger partial charge < -0.3 is 29.5 Å². The maximum absolute atomic E-state index is 12.6. The standard InChI is InChI=1S/C51H90O7/c1-8-10-11-12-13-14-15-16-17-18-19-20-21-22-45(52)56-34-44-46(53)47(54)48(55)49(58-44)57-39-29-31-50(6)38(33-39)25-26-40-42-28-27-41(51(42,7)32-30-43(40)50)36(5)23-24-37(9-2)35(3)4/h26,35-39,41-44,46-49,53-55H,8-25,27-34H2,1-7H3/t36-,37+,38-,39+,41+,42+,43-,44-,46-,47+,48-,49-,50+,51-/m1/s1. The first kappa shape index (κ1) is 48.0. The summed E-state index contributed by atoms with van der Waals surface area (Å²) in [5, 5.41) is 32.5. The van der Waals surface area contributed by atoms with Crippen LogP contribution in [0.4, 0.5) is 0 Å². The molecular weight excluding hydrogens is 725 g/mol. The van der Waals surface area contributed by atoms with Crippen LogP contribution in [0.2, 0.25) is 0 Å². The summed E-state index contributed by atoms with van der Waals surface area (Å²) in [5.41, 5.74) is 2.44. The lowest BCUT2D eigenvalue weighted by molar-refractivity contribution is -0.316. The number of aliphatic hydroxyl groups is 3. The Morgan fingerprint density at radius 3 is 2.03 bits per heavy atom. The van der Waals surface area contributed by atoms with E-state index in [1.807, 2.05) is 0 Å². The van der Waals surface area contributed by atoms with Crippen LogP contribution in [0.5, 0.6) is 0 Å². The van der Waals surface area contributed by atoms with E-state index in [4.69, 9.17) is 14.2 Å². The van der Waals surface area contributed by atoms with Gasteiger partial charge in [-0.3, -0.25) is 4.79 Å². The predicted molar refractivity (Wildman–Crippen MR) is 235 cm³/mol. The van der Waals surface area contributed by atoms with Crippen molar-refractivity contribution in [2.45, 2.75) is 246 Å². The number of hydrogen-bond acceptors (Lipinski definition) is 7. The lowest BCUT2D eigenvalue weighted by atomic mass is 9.47. The highest BCUT2D eigenvalue weighted by atomic mass is 16.7. The lowest BCUT2D eigenvalue weighted by Crippen LogP contribution is -2.60. The van der Waals surface area contributed by atoms with Crippen LogP contribution in [-0.4, -0.2) is 64.7 Å². The molecule has 3 saturated carbocycles. The predicted octanol–water partition coefficient (Wildman–Crippen LogP) is 11.9. The van der Waals surface area contributed by atoms with Gasteiger partial charge in [-0.1, -0.05) is 150 Å². The summed E-state index contributed by atoms with van der Waals surface area (Å²) in [7, 11) is 0. The third kappa shape index (κ3) is 11.9. The van der Waals surface area contributed by atoms with Gasteiger partial charge in [-0.15, -0.1) is 0 Å². The van der Waals surface area contributed by atoms with Gasteiger partial charge in [0.1, 0.15) is 31.0 Å². The Morgan fingerprint density at radius 2 is 1.40 bits per heavy atom. The van der Waals surface area contributed by atoms with Crippen molar-refractivity contribution < 1.29 is 34.3 Å². The summed E-state index contributed by atoms with van der Waals surface area (Å²) >= 11 is 0. The molecule has 1 heterocycles. The summed E-state index contributed by atoms with van der Waals surface area (Å²) in [5.74, 6) is 4.78. The minimum absolute atomic E-state index is 0.0998. The first-order valence-electron chi connectivity index (χ1n) is 25.0. The van der Waals surface area contributed by atoms with Crippen LogP contribution in [-0.2, 0) is 19.0 Å². The highest BCUT2D eigenvalue weighted by Crippen LogP contribution is 2.67. The van der Waals surface area contributed by atoms with Gasteiger partial charge in [0.05, 0.1) is 6.10 Å². The van der Waals surface area contributed by atoms with E-state index in [9.17, 15) is 20.1 Å². The molecule has 7 heteroatoms. The molecule has 0 unspecified atom stereocenters. The van der Waals surface area contributed by atoms with Crippen molar-refractivity contribution in [3.8, 4) is 0 Å². The van der Waals surface area contributed by atoms with Gasteiger partial charge in [0.25, 0.3) is 0 Å². The Balaban J connectivity index is 1.04. The molecule has 1 aliphatic heterocycles. The molecule has 0 aromatic heterocycles. The Kier molecular flexibility index (Phi) is 19.0. The maximum Gasteiger partial charge on any atom is 0.305 e. The van der Waals surface area contributed by atoms with Gasteiger partial charge in [0.2, 0.25) is 0 Å². The number of esters is 1. The van der Waals surface area contributed by atoms with Crippen molar-refractivity contribution in [3.05, 3.63) is 11.6 Å². The van der Waals surface area contributed by atoms with Crippen molar-refractivity contribution in [2.75, 3.05) is 6.61 Å². The van der Waals surface area contributed by atoms with Crippen molar-refractivity contribution in [2.24, 2.45) is 52.3 Å². The second kappa shape index (κ2) is 22.9. The van der Waals surface area contributed by atoms with Gasteiger partial charge in [-0.05, 0) is 116 Å². The monoisotopic (exact) mass is 815 g/mol. The van der Waals surface area contributed by atoms with E-state index in [2.05, 4.69) is 54.5 Å². The molecule has 7 nitrogen and oxygen atoms in total. The Morgan fingerprint density at radius 1 is 0.776 bits per heavy atom. The lowest BCUT2D eigenvalue weighted by Gasteiger charge is -2.58. The van der Waals surface area contributed by atoms with E-state index in [0.717, 1.165) is 74.5 Å². The molecule has 0 aromatic carbocycles. The van der Waals surface area contributed by atoms with Gasteiger partial charge in [0.15, 0.2) is 6.29 Å².